The maximum Gasteiger partial charge on any atom is 0.434 e. The number of nitrogens with one attached hydrogen (secondary N) is 1. The Morgan fingerprint density at radius 1 is 1.50 bits per heavy atom. The van der Waals surface area contributed by atoms with Gasteiger partial charge in [-0.2, -0.15) is 13.2 Å². The summed E-state index contributed by atoms with van der Waals surface area (Å²) in [7, 11) is 0. The van der Waals surface area contributed by atoms with Crippen molar-refractivity contribution in [3.05, 3.63) is 21.8 Å². The third-order valence-electron chi connectivity index (χ3n) is 1.62. The Kier molecular flexibility index (Phi) is 4.07. The molecular weight excluding hydrogens is 273 g/mol. The lowest BCUT2D eigenvalue weighted by molar-refractivity contribution is -0.140. The summed E-state index contributed by atoms with van der Waals surface area (Å²) in [6, 6.07) is 0. The Morgan fingerprint density at radius 2 is 2.11 bits per heavy atom. The van der Waals surface area contributed by atoms with Gasteiger partial charge in [-0.3, -0.25) is 4.79 Å². The molecule has 1 aromatic rings. The van der Waals surface area contributed by atoms with Gasteiger partial charge in [-0.15, -0.1) is 11.3 Å². The van der Waals surface area contributed by atoms with Crippen LogP contribution in [0.1, 0.15) is 17.6 Å². The second kappa shape index (κ2) is 5.17. The Bertz CT molecular complexity index is 507. The molecule has 0 radical (unpaired) electrons. The van der Waals surface area contributed by atoms with Crippen molar-refractivity contribution in [2.45, 2.75) is 13.1 Å². The third kappa shape index (κ3) is 3.84. The molecule has 98 valence electrons. The van der Waals surface area contributed by atoms with E-state index in [1.165, 1.54) is 0 Å². The van der Waals surface area contributed by atoms with Crippen LogP contribution < -0.4 is 5.32 Å². The van der Waals surface area contributed by atoms with Crippen LogP contribution >= 0.6 is 11.3 Å². The molecule has 0 fully saturated rings. The van der Waals surface area contributed by atoms with Crippen LogP contribution in [0.4, 0.5) is 13.2 Å². The largest absolute Gasteiger partial charge is 0.477 e. The Labute approximate surface area is 103 Å². The molecule has 0 aliphatic carbocycles. The molecule has 5 nitrogen and oxygen atoms in total. The van der Waals surface area contributed by atoms with E-state index in [1.54, 1.807) is 0 Å². The van der Waals surface area contributed by atoms with E-state index in [4.69, 9.17) is 5.11 Å². The average molecular weight is 280 g/mol. The van der Waals surface area contributed by atoms with E-state index in [2.05, 4.69) is 4.98 Å². The summed E-state index contributed by atoms with van der Waals surface area (Å²) in [4.78, 5) is 24.6. The summed E-state index contributed by atoms with van der Waals surface area (Å²) >= 11 is 0.627. The molecule has 0 atom stereocenters. The van der Waals surface area contributed by atoms with Crippen molar-refractivity contribution in [3.63, 3.8) is 0 Å². The lowest BCUT2D eigenvalue weighted by Crippen LogP contribution is -2.24. The van der Waals surface area contributed by atoms with Gasteiger partial charge in [0.2, 0.25) is 5.91 Å². The van der Waals surface area contributed by atoms with Gasteiger partial charge in [-0.25, -0.2) is 9.78 Å². The van der Waals surface area contributed by atoms with Gasteiger partial charge in [0.15, 0.2) is 5.69 Å². The predicted molar refractivity (Wildman–Crippen MR) is 56.5 cm³/mol. The zero-order valence-corrected chi connectivity index (χ0v) is 9.72. The predicted octanol–water partition coefficient (Wildman–Crippen LogP) is 1.72. The Hall–Kier alpha value is -1.90. The molecule has 2 N–H and O–H groups in total. The van der Waals surface area contributed by atoms with E-state index in [0.717, 1.165) is 18.4 Å². The van der Waals surface area contributed by atoms with Gasteiger partial charge in [0.25, 0.3) is 0 Å². The van der Waals surface area contributed by atoms with Crippen molar-refractivity contribution < 1.29 is 27.9 Å². The number of nitrogens with zero attached hydrogens (tertiary/aromatic N) is 1. The van der Waals surface area contributed by atoms with E-state index in [1.807, 2.05) is 5.32 Å². The Balaban J connectivity index is 3.02. The number of thiazole rings is 1. The van der Waals surface area contributed by atoms with Crippen molar-refractivity contribution >= 4 is 29.3 Å². The summed E-state index contributed by atoms with van der Waals surface area (Å²) in [5, 5.41) is 11.3. The number of hydrogen-bond donors (Lipinski definition) is 2. The molecule has 0 spiro atoms. The van der Waals surface area contributed by atoms with Gasteiger partial charge in [-0.1, -0.05) is 0 Å². The van der Waals surface area contributed by atoms with Crippen LogP contribution in [-0.4, -0.2) is 22.0 Å². The number of aromatic nitrogens is 1. The quantitative estimate of drug-likeness (QED) is 0.826. The minimum atomic E-state index is -4.58. The lowest BCUT2D eigenvalue weighted by Gasteiger charge is -2.01. The van der Waals surface area contributed by atoms with E-state index in [-0.39, 0.29) is 5.01 Å². The summed E-state index contributed by atoms with van der Waals surface area (Å²) in [5.41, 5.74) is -1.64. The van der Waals surface area contributed by atoms with Crippen molar-refractivity contribution in [2.75, 3.05) is 0 Å². The number of halogens is 3. The first-order valence-corrected chi connectivity index (χ1v) is 5.33. The first-order chi connectivity index (χ1) is 8.20. The van der Waals surface area contributed by atoms with Gasteiger partial charge < -0.3 is 10.4 Å². The van der Waals surface area contributed by atoms with Gasteiger partial charge in [-0.05, 0) is 0 Å². The molecular formula is C9H7F3N2O3S. The number of hydrogen-bond acceptors (Lipinski definition) is 4. The fraction of sp³-hybridized carbons (Fsp3) is 0.222. The van der Waals surface area contributed by atoms with Gasteiger partial charge in [0.05, 0.1) is 0 Å². The molecule has 0 aromatic carbocycles. The zero-order chi connectivity index (χ0) is 13.9. The number of amides is 1. The Morgan fingerprint density at radius 3 is 2.50 bits per heavy atom. The molecule has 1 aromatic heterocycles. The summed E-state index contributed by atoms with van der Waals surface area (Å²) < 4.78 is 36.7. The SMILES string of the molecule is CC(=O)N/C(=C\c1nc(C(F)(F)F)cs1)C(=O)O. The molecule has 1 heterocycles. The van der Waals surface area contributed by atoms with Crippen molar-refractivity contribution in [1.82, 2.24) is 10.3 Å². The maximum absolute atomic E-state index is 12.2. The number of carboxylic acids is 1. The number of rotatable bonds is 3. The summed E-state index contributed by atoms with van der Waals surface area (Å²) in [6.45, 7) is 1.08. The van der Waals surface area contributed by atoms with Crippen molar-refractivity contribution in [2.24, 2.45) is 0 Å². The van der Waals surface area contributed by atoms with Crippen LogP contribution in [-0.2, 0) is 15.8 Å². The van der Waals surface area contributed by atoms with Crippen molar-refractivity contribution in [3.8, 4) is 0 Å². The van der Waals surface area contributed by atoms with E-state index < -0.39 is 29.4 Å². The monoisotopic (exact) mass is 280 g/mol. The number of carboxylic acid groups (broad SMARTS) is 1. The molecule has 0 aliphatic heterocycles. The number of carbonyl (C=O) groups is 2. The highest BCUT2D eigenvalue weighted by Crippen LogP contribution is 2.30. The van der Waals surface area contributed by atoms with Gasteiger partial charge >= 0.3 is 12.1 Å². The number of aliphatic carboxylic acids is 1. The second-order valence-corrected chi connectivity index (χ2v) is 4.00. The molecule has 1 rings (SSSR count). The topological polar surface area (TPSA) is 79.3 Å². The highest BCUT2D eigenvalue weighted by molar-refractivity contribution is 7.10. The molecule has 0 bridgehead atoms. The van der Waals surface area contributed by atoms with E-state index in [9.17, 15) is 22.8 Å². The minimum Gasteiger partial charge on any atom is -0.477 e. The number of carbonyl (C=O) groups excluding carboxylic acids is 1. The first-order valence-electron chi connectivity index (χ1n) is 4.45. The normalized spacial score (nSPS) is 12.3. The van der Waals surface area contributed by atoms with Crippen LogP contribution in [0.15, 0.2) is 11.1 Å². The third-order valence-corrected chi connectivity index (χ3v) is 2.41. The molecule has 1 amide bonds. The van der Waals surface area contributed by atoms with Gasteiger partial charge in [0.1, 0.15) is 10.7 Å². The second-order valence-electron chi connectivity index (χ2n) is 3.11. The maximum atomic E-state index is 12.2. The fourth-order valence-electron chi connectivity index (χ4n) is 0.949. The molecule has 0 unspecified atom stereocenters. The van der Waals surface area contributed by atoms with E-state index in [0.29, 0.717) is 11.3 Å². The van der Waals surface area contributed by atoms with E-state index >= 15 is 0 Å². The molecule has 0 saturated heterocycles. The first kappa shape index (κ1) is 14.2. The molecule has 9 heteroatoms. The van der Waals surface area contributed by atoms with Crippen LogP contribution in [0.25, 0.3) is 6.08 Å². The van der Waals surface area contributed by atoms with Crippen LogP contribution in [0, 0.1) is 0 Å². The lowest BCUT2D eigenvalue weighted by atomic mass is 10.4. The highest BCUT2D eigenvalue weighted by Gasteiger charge is 2.33. The summed E-state index contributed by atoms with van der Waals surface area (Å²) in [5.74, 6) is -2.11. The molecule has 0 saturated carbocycles. The molecule has 18 heavy (non-hydrogen) atoms. The highest BCUT2D eigenvalue weighted by atomic mass is 32.1. The standard InChI is InChI=1S/C9H7F3N2O3S/c1-4(15)13-5(8(16)17)2-7-14-6(3-18-7)9(10,11)12/h2-3H,1H3,(H,13,15)(H,16,17)/b5-2-. The molecule has 0 aliphatic rings. The average Bonchev–Trinajstić information content (AvgIpc) is 2.63. The van der Waals surface area contributed by atoms with Gasteiger partial charge in [0, 0.05) is 18.4 Å². The smallest absolute Gasteiger partial charge is 0.434 e. The van der Waals surface area contributed by atoms with Crippen LogP contribution in [0.5, 0.6) is 0 Å². The zero-order valence-electron chi connectivity index (χ0n) is 8.91. The van der Waals surface area contributed by atoms with Crippen molar-refractivity contribution in [1.29, 1.82) is 0 Å². The summed E-state index contributed by atoms with van der Waals surface area (Å²) in [6.07, 6.45) is -3.72. The van der Waals surface area contributed by atoms with Crippen LogP contribution in [0.3, 0.4) is 0 Å². The van der Waals surface area contributed by atoms with Crippen LogP contribution in [0.2, 0.25) is 0 Å². The fourth-order valence-corrected chi connectivity index (χ4v) is 1.70. The number of alkyl halides is 3. The minimum absolute atomic E-state index is 0.159.